The number of alkyl halides is 3. The molecule has 0 bridgehead atoms. The SMILES string of the molecule is C=C(C(=O)OC)C(F)(F)F.C=C(C)C(=O)OC.C=CC(=O)COCOC.C=CC(=O)OC.C=CCOC.C=COC.CC1CO1.CC1OC1(C)C.COCC1(C)CO1.COCC1CCC2OC2C1.COCC1CO1. The Bertz CT molecular complexity index is 1530. The molecule has 5 saturated heterocycles. The molecular formula is C52H91F3O19. The van der Waals surface area contributed by atoms with E-state index in [4.69, 9.17) is 42.6 Å². The van der Waals surface area contributed by atoms with Crippen LogP contribution in [-0.4, -0.2) is 195 Å². The van der Waals surface area contributed by atoms with Crippen LogP contribution in [0.4, 0.5) is 13.2 Å². The van der Waals surface area contributed by atoms with E-state index in [1.807, 2.05) is 6.92 Å². The molecule has 1 saturated carbocycles. The van der Waals surface area contributed by atoms with Crippen molar-refractivity contribution in [1.82, 2.24) is 0 Å². The number of esters is 3. The standard InChI is InChI=1S/C8H14O2.C6H10O3.C5H5F3O2.C5H10O2.C5H8O2.C5H10O.C4H8O2.C4H6O2.C4H8O.2C3H6O/c1-9-5-6-2-3-7-8(4-6)10-7;1-3-6(7)4-9-5-8-2;1-3(4(9)10-2)5(6,7)8;1-5(3-6-2)4-7-5;1-4(2)5(6)7-3;1-4-5(2,3)6-4;1-5-2-4-3-6-4;1-3-4(5)6-2;1-3-4-5-2;1-3-2-4-3;1-3-4-2/h6-8H,2-5H2,1H3;3H,1,4-5H2,2H3;1H2,2H3;3-4H2,1-2H3;1H2,2-3H3;4H,1-3H3;4H,2-3H2,1H3;3H,1H2,2H3;3H,1,4H2,2H3;3H,2H2,1H3;3H,1H2,2H3. The molecule has 6 fully saturated rings. The van der Waals surface area contributed by atoms with Crippen molar-refractivity contribution in [2.75, 3.05) is 124 Å². The van der Waals surface area contributed by atoms with Gasteiger partial charge in [0.1, 0.15) is 30.7 Å². The Morgan fingerprint density at radius 3 is 1.42 bits per heavy atom. The molecule has 0 N–H and O–H groups in total. The summed E-state index contributed by atoms with van der Waals surface area (Å²) in [7, 11) is 13.3. The molecule has 1 aliphatic carbocycles. The molecule has 0 aromatic heterocycles. The molecule has 22 heteroatoms. The molecule has 5 aliphatic heterocycles. The van der Waals surface area contributed by atoms with Crippen molar-refractivity contribution in [1.29, 1.82) is 0 Å². The lowest BCUT2D eigenvalue weighted by atomic mass is 9.90. The molecule has 0 aromatic rings. The first kappa shape index (κ1) is 78.6. The predicted molar refractivity (Wildman–Crippen MR) is 274 cm³/mol. The van der Waals surface area contributed by atoms with Gasteiger partial charge in [-0.25, -0.2) is 14.4 Å². The van der Waals surface area contributed by atoms with Crippen molar-refractivity contribution in [3.8, 4) is 0 Å². The summed E-state index contributed by atoms with van der Waals surface area (Å²) < 4.78 is 104. The van der Waals surface area contributed by atoms with E-state index < -0.39 is 23.7 Å². The van der Waals surface area contributed by atoms with E-state index in [0.717, 1.165) is 58.7 Å². The van der Waals surface area contributed by atoms with Gasteiger partial charge in [-0.05, 0) is 72.8 Å². The Labute approximate surface area is 439 Å². The smallest absolute Gasteiger partial charge is 0.422 e. The van der Waals surface area contributed by atoms with E-state index >= 15 is 0 Å². The summed E-state index contributed by atoms with van der Waals surface area (Å²) in [6.07, 6.45) is 7.27. The summed E-state index contributed by atoms with van der Waals surface area (Å²) in [5.74, 6) is -1.55. The Kier molecular flexibility index (Phi) is 51.3. The van der Waals surface area contributed by atoms with Gasteiger partial charge < -0.3 is 71.1 Å². The van der Waals surface area contributed by atoms with Crippen LogP contribution in [0.2, 0.25) is 0 Å². The third kappa shape index (κ3) is 57.0. The highest BCUT2D eigenvalue weighted by molar-refractivity contribution is 5.90. The number of carbonyl (C=O) groups is 4. The molecule has 0 radical (unpaired) electrons. The summed E-state index contributed by atoms with van der Waals surface area (Å²) >= 11 is 0. The first-order valence-corrected chi connectivity index (χ1v) is 23.1. The van der Waals surface area contributed by atoms with Gasteiger partial charge in [-0.15, -0.1) is 6.58 Å². The van der Waals surface area contributed by atoms with Crippen LogP contribution in [0.15, 0.2) is 75.1 Å². The molecule has 0 amide bonds. The third-order valence-electron chi connectivity index (χ3n) is 9.06. The monoisotopic (exact) mass is 1080 g/mol. The molecule has 74 heavy (non-hydrogen) atoms. The van der Waals surface area contributed by atoms with Gasteiger partial charge in [0.15, 0.2) is 5.78 Å². The minimum absolute atomic E-state index is 0.0529. The largest absolute Gasteiger partial charge is 0.505 e. The highest BCUT2D eigenvalue weighted by Gasteiger charge is 2.44. The van der Waals surface area contributed by atoms with Crippen molar-refractivity contribution in [2.45, 2.75) is 109 Å². The molecule has 5 heterocycles. The van der Waals surface area contributed by atoms with Crippen LogP contribution in [0.25, 0.3) is 0 Å². The zero-order valence-corrected chi connectivity index (χ0v) is 46.9. The number of rotatable bonds is 17. The third-order valence-corrected chi connectivity index (χ3v) is 9.06. The number of ether oxygens (including phenoxy) is 15. The average Bonchev–Trinajstić information content (AvgIpc) is 4.07. The maximum atomic E-state index is 11.5. The van der Waals surface area contributed by atoms with E-state index in [9.17, 15) is 32.3 Å². The zero-order chi connectivity index (χ0) is 58.3. The minimum Gasteiger partial charge on any atom is -0.505 e. The van der Waals surface area contributed by atoms with Gasteiger partial charge >= 0.3 is 24.1 Å². The molecule has 434 valence electrons. The maximum absolute atomic E-state index is 11.5. The van der Waals surface area contributed by atoms with E-state index in [-0.39, 0.29) is 36.4 Å². The van der Waals surface area contributed by atoms with Crippen molar-refractivity contribution < 1.29 is 103 Å². The van der Waals surface area contributed by atoms with Crippen molar-refractivity contribution >= 4 is 23.7 Å². The topological polar surface area (TPSA) is 223 Å². The summed E-state index contributed by atoms with van der Waals surface area (Å²) in [5.41, 5.74) is -0.771. The first-order valence-electron chi connectivity index (χ1n) is 23.1. The van der Waals surface area contributed by atoms with Gasteiger partial charge in [-0.1, -0.05) is 39.0 Å². The number of ketones is 1. The quantitative estimate of drug-likeness (QED) is 0.0200. The van der Waals surface area contributed by atoms with Crippen LogP contribution in [-0.2, 0) is 90.2 Å². The fraction of sp³-hybridized carbons (Fsp3) is 0.692. The van der Waals surface area contributed by atoms with Gasteiger partial charge in [0, 0.05) is 53.8 Å². The van der Waals surface area contributed by atoms with E-state index in [1.165, 1.54) is 52.9 Å². The molecule has 6 rings (SSSR count). The van der Waals surface area contributed by atoms with E-state index in [1.54, 1.807) is 48.5 Å². The fourth-order valence-electron chi connectivity index (χ4n) is 4.15. The normalized spacial score (nSPS) is 22.1. The number of carbonyl (C=O) groups excluding carboxylic acids is 4. The molecular weight excluding hydrogens is 986 g/mol. The van der Waals surface area contributed by atoms with Gasteiger partial charge in [-0.3, -0.25) is 4.79 Å². The second-order valence-electron chi connectivity index (χ2n) is 16.5. The zero-order valence-electron chi connectivity index (χ0n) is 46.9. The van der Waals surface area contributed by atoms with Gasteiger partial charge in [-0.2, -0.15) is 13.2 Å². The van der Waals surface area contributed by atoms with Crippen molar-refractivity contribution in [3.63, 3.8) is 0 Å². The number of halogens is 3. The molecule has 0 spiro atoms. The van der Waals surface area contributed by atoms with Gasteiger partial charge in [0.25, 0.3) is 0 Å². The Balaban J connectivity index is -0.000000239. The van der Waals surface area contributed by atoms with Crippen LogP contribution < -0.4 is 0 Å². The number of fused-ring (bicyclic) bond motifs is 1. The van der Waals surface area contributed by atoms with Crippen LogP contribution in [0.1, 0.15) is 60.8 Å². The van der Waals surface area contributed by atoms with Gasteiger partial charge in [0.05, 0.1) is 104 Å². The lowest BCUT2D eigenvalue weighted by Gasteiger charge is -2.16. The summed E-state index contributed by atoms with van der Waals surface area (Å²) in [6, 6.07) is 0. The Hall–Kier alpha value is -4.33. The average molecular weight is 1080 g/mol. The molecule has 7 unspecified atom stereocenters. The number of hydrogen-bond donors (Lipinski definition) is 0. The second kappa shape index (κ2) is 48.3. The molecule has 0 aromatic carbocycles. The van der Waals surface area contributed by atoms with Crippen LogP contribution in [0.5, 0.6) is 0 Å². The van der Waals surface area contributed by atoms with E-state index in [0.29, 0.717) is 42.7 Å². The molecule has 7 atom stereocenters. The second-order valence-corrected chi connectivity index (χ2v) is 16.5. The summed E-state index contributed by atoms with van der Waals surface area (Å²) in [6.45, 7) is 36.9. The predicted octanol–water partition coefficient (Wildman–Crippen LogP) is 7.56. The minimum atomic E-state index is -4.69. The highest BCUT2D eigenvalue weighted by atomic mass is 19.4. The molecule has 6 aliphatic rings. The summed E-state index contributed by atoms with van der Waals surface area (Å²) in [4.78, 5) is 40.5. The molecule has 19 nitrogen and oxygen atoms in total. The van der Waals surface area contributed by atoms with E-state index in [2.05, 4.69) is 95.6 Å². The van der Waals surface area contributed by atoms with Crippen LogP contribution >= 0.6 is 0 Å². The number of hydrogen-bond acceptors (Lipinski definition) is 19. The lowest BCUT2D eigenvalue weighted by molar-refractivity contribution is -0.148. The fourth-order valence-corrected chi connectivity index (χ4v) is 4.15. The lowest BCUT2D eigenvalue weighted by Crippen LogP contribution is -2.19. The van der Waals surface area contributed by atoms with Crippen molar-refractivity contribution in [3.05, 3.63) is 75.1 Å². The van der Waals surface area contributed by atoms with Crippen molar-refractivity contribution in [2.24, 2.45) is 5.92 Å². The van der Waals surface area contributed by atoms with Crippen LogP contribution in [0.3, 0.4) is 0 Å². The van der Waals surface area contributed by atoms with Crippen LogP contribution in [0, 0.1) is 5.92 Å². The summed E-state index contributed by atoms with van der Waals surface area (Å²) in [5, 5.41) is 0. The number of epoxide rings is 5. The maximum Gasteiger partial charge on any atom is 0.422 e. The number of methoxy groups -OCH3 is 9. The Morgan fingerprint density at radius 1 is 0.730 bits per heavy atom. The first-order chi connectivity index (χ1) is 34.6. The van der Waals surface area contributed by atoms with Gasteiger partial charge in [0.2, 0.25) is 0 Å². The highest BCUT2D eigenvalue weighted by Crippen LogP contribution is 2.39. The Morgan fingerprint density at radius 2 is 1.23 bits per heavy atom.